The average molecular weight is 311 g/mol. The van der Waals surface area contributed by atoms with Gasteiger partial charge in [0.2, 0.25) is 5.95 Å². The fourth-order valence-electron chi connectivity index (χ4n) is 3.32. The van der Waals surface area contributed by atoms with E-state index < -0.39 is 0 Å². The van der Waals surface area contributed by atoms with Gasteiger partial charge in [0.15, 0.2) is 0 Å². The van der Waals surface area contributed by atoms with Crippen molar-refractivity contribution in [3.63, 3.8) is 0 Å². The maximum absolute atomic E-state index is 6.02. The summed E-state index contributed by atoms with van der Waals surface area (Å²) in [6, 6.07) is 12.7. The third kappa shape index (κ3) is 3.68. The summed E-state index contributed by atoms with van der Waals surface area (Å²) in [5.41, 5.74) is 8.48. The highest BCUT2D eigenvalue weighted by molar-refractivity contribution is 5.27. The van der Waals surface area contributed by atoms with E-state index in [1.165, 1.54) is 5.56 Å². The van der Waals surface area contributed by atoms with Crippen molar-refractivity contribution < 1.29 is 0 Å². The summed E-state index contributed by atoms with van der Waals surface area (Å²) in [6.07, 6.45) is 1.84. The molecule has 2 N–H and O–H groups in total. The van der Waals surface area contributed by atoms with Crippen LogP contribution in [-0.2, 0) is 6.54 Å². The normalized spacial score (nSPS) is 21.5. The zero-order valence-corrected chi connectivity index (χ0v) is 13.9. The summed E-state index contributed by atoms with van der Waals surface area (Å²) in [6.45, 7) is 3.64. The second-order valence-electron chi connectivity index (χ2n) is 6.45. The molecule has 122 valence electrons. The Morgan fingerprint density at radius 2 is 1.96 bits per heavy atom. The molecule has 1 saturated heterocycles. The first-order valence-corrected chi connectivity index (χ1v) is 8.14. The molecule has 2 aromatic rings. The maximum atomic E-state index is 6.02. The van der Waals surface area contributed by atoms with Crippen molar-refractivity contribution in [1.82, 2.24) is 14.9 Å². The highest BCUT2D eigenvalue weighted by Crippen LogP contribution is 2.32. The summed E-state index contributed by atoms with van der Waals surface area (Å²) >= 11 is 0. The van der Waals surface area contributed by atoms with Crippen LogP contribution in [0.5, 0.6) is 0 Å². The Labute approximate surface area is 138 Å². The molecule has 0 unspecified atom stereocenters. The first-order chi connectivity index (χ1) is 11.2. The fraction of sp³-hybridized carbons (Fsp3) is 0.444. The van der Waals surface area contributed by atoms with E-state index in [2.05, 4.69) is 45.2 Å². The standard InChI is InChI=1S/C18H25N5/c1-22(2)18-20-9-8-16(21-18)12-23-11-15(10-19)17(13-23)14-6-4-3-5-7-14/h3-9,15,17H,10-13,19H2,1-2H3/t15-,17+/m1/s1. The quantitative estimate of drug-likeness (QED) is 0.911. The van der Waals surface area contributed by atoms with Crippen LogP contribution in [0.2, 0.25) is 0 Å². The van der Waals surface area contributed by atoms with Crippen LogP contribution in [0.3, 0.4) is 0 Å². The van der Waals surface area contributed by atoms with Crippen LogP contribution < -0.4 is 10.6 Å². The fourth-order valence-corrected chi connectivity index (χ4v) is 3.32. The van der Waals surface area contributed by atoms with Crippen molar-refractivity contribution in [2.24, 2.45) is 11.7 Å². The van der Waals surface area contributed by atoms with Crippen LogP contribution in [0, 0.1) is 5.92 Å². The molecule has 0 saturated carbocycles. The zero-order valence-electron chi connectivity index (χ0n) is 13.9. The van der Waals surface area contributed by atoms with Crippen molar-refractivity contribution in [2.75, 3.05) is 38.6 Å². The molecule has 5 nitrogen and oxygen atoms in total. The molecule has 5 heteroatoms. The Morgan fingerprint density at radius 3 is 2.65 bits per heavy atom. The molecule has 0 spiro atoms. The Balaban J connectivity index is 1.71. The molecule has 2 atom stereocenters. The van der Waals surface area contributed by atoms with Crippen LogP contribution >= 0.6 is 0 Å². The predicted molar refractivity (Wildman–Crippen MR) is 93.4 cm³/mol. The largest absolute Gasteiger partial charge is 0.347 e. The maximum Gasteiger partial charge on any atom is 0.225 e. The van der Waals surface area contributed by atoms with Gasteiger partial charge < -0.3 is 10.6 Å². The van der Waals surface area contributed by atoms with Crippen LogP contribution in [0.25, 0.3) is 0 Å². The molecule has 1 aromatic heterocycles. The Morgan fingerprint density at radius 1 is 1.17 bits per heavy atom. The van der Waals surface area contributed by atoms with Gasteiger partial charge in [-0.25, -0.2) is 9.97 Å². The molecule has 0 amide bonds. The first kappa shape index (κ1) is 15.9. The molecular weight excluding hydrogens is 286 g/mol. The van der Waals surface area contributed by atoms with E-state index in [9.17, 15) is 0 Å². The SMILES string of the molecule is CN(C)c1nccc(CN2C[C@@H](CN)[C@H](c3ccccc3)C2)n1. The number of rotatable bonds is 5. The topological polar surface area (TPSA) is 58.3 Å². The first-order valence-electron chi connectivity index (χ1n) is 8.14. The van der Waals surface area contributed by atoms with Gasteiger partial charge >= 0.3 is 0 Å². The van der Waals surface area contributed by atoms with Gasteiger partial charge in [0.25, 0.3) is 0 Å². The molecule has 1 aromatic carbocycles. The minimum Gasteiger partial charge on any atom is -0.347 e. The molecule has 0 aliphatic carbocycles. The second-order valence-corrected chi connectivity index (χ2v) is 6.45. The Bertz CT molecular complexity index is 628. The van der Waals surface area contributed by atoms with Gasteiger partial charge in [-0.05, 0) is 24.1 Å². The molecule has 2 heterocycles. The Kier molecular flexibility index (Phi) is 4.88. The minimum absolute atomic E-state index is 0.507. The van der Waals surface area contributed by atoms with Gasteiger partial charge in [0.05, 0.1) is 5.69 Å². The minimum atomic E-state index is 0.507. The summed E-state index contributed by atoms with van der Waals surface area (Å²) in [7, 11) is 3.93. The average Bonchev–Trinajstić information content (AvgIpc) is 2.99. The van der Waals surface area contributed by atoms with E-state index in [-0.39, 0.29) is 0 Å². The van der Waals surface area contributed by atoms with Crippen LogP contribution in [0.15, 0.2) is 42.6 Å². The van der Waals surface area contributed by atoms with Crippen molar-refractivity contribution in [1.29, 1.82) is 0 Å². The number of hydrogen-bond acceptors (Lipinski definition) is 5. The van der Waals surface area contributed by atoms with Gasteiger partial charge in [-0.15, -0.1) is 0 Å². The molecule has 23 heavy (non-hydrogen) atoms. The van der Waals surface area contributed by atoms with Crippen molar-refractivity contribution in [3.05, 3.63) is 53.9 Å². The molecule has 1 fully saturated rings. The number of anilines is 1. The summed E-state index contributed by atoms with van der Waals surface area (Å²) in [5.74, 6) is 1.78. The number of likely N-dealkylation sites (tertiary alicyclic amines) is 1. The summed E-state index contributed by atoms with van der Waals surface area (Å²) in [4.78, 5) is 13.3. The molecule has 1 aliphatic rings. The lowest BCUT2D eigenvalue weighted by molar-refractivity contribution is 0.313. The van der Waals surface area contributed by atoms with E-state index >= 15 is 0 Å². The lowest BCUT2D eigenvalue weighted by atomic mass is 9.89. The van der Waals surface area contributed by atoms with Gasteiger partial charge in [-0.2, -0.15) is 0 Å². The van der Waals surface area contributed by atoms with Crippen LogP contribution in [-0.4, -0.2) is 48.6 Å². The third-order valence-corrected chi connectivity index (χ3v) is 4.53. The highest BCUT2D eigenvalue weighted by atomic mass is 15.2. The molecule has 1 aliphatic heterocycles. The number of nitrogens with two attached hydrogens (primary N) is 1. The van der Waals surface area contributed by atoms with Crippen molar-refractivity contribution in [3.8, 4) is 0 Å². The number of benzene rings is 1. The van der Waals surface area contributed by atoms with Gasteiger partial charge in [0, 0.05) is 45.8 Å². The Hall–Kier alpha value is -1.98. The van der Waals surface area contributed by atoms with E-state index in [1.807, 2.05) is 31.3 Å². The van der Waals surface area contributed by atoms with Gasteiger partial charge in [-0.1, -0.05) is 30.3 Å². The summed E-state index contributed by atoms with van der Waals surface area (Å²) < 4.78 is 0. The van der Waals surface area contributed by atoms with E-state index in [1.54, 1.807) is 0 Å². The number of nitrogens with zero attached hydrogens (tertiary/aromatic N) is 4. The van der Waals surface area contributed by atoms with E-state index in [0.29, 0.717) is 11.8 Å². The number of hydrogen-bond donors (Lipinski definition) is 1. The van der Waals surface area contributed by atoms with Gasteiger partial charge in [0.1, 0.15) is 0 Å². The number of aromatic nitrogens is 2. The molecule has 3 rings (SSSR count). The lowest BCUT2D eigenvalue weighted by Gasteiger charge is -2.17. The van der Waals surface area contributed by atoms with Gasteiger partial charge in [-0.3, -0.25) is 4.90 Å². The third-order valence-electron chi connectivity index (χ3n) is 4.53. The second kappa shape index (κ2) is 7.06. The zero-order chi connectivity index (χ0) is 16.2. The predicted octanol–water partition coefficient (Wildman–Crippen LogP) is 1.72. The smallest absolute Gasteiger partial charge is 0.225 e. The highest BCUT2D eigenvalue weighted by Gasteiger charge is 2.32. The lowest BCUT2D eigenvalue weighted by Crippen LogP contribution is -2.24. The van der Waals surface area contributed by atoms with Crippen LogP contribution in [0.1, 0.15) is 17.2 Å². The monoisotopic (exact) mass is 311 g/mol. The molecular formula is C18H25N5. The van der Waals surface area contributed by atoms with E-state index in [4.69, 9.17) is 5.73 Å². The van der Waals surface area contributed by atoms with Crippen LogP contribution in [0.4, 0.5) is 5.95 Å². The molecule has 0 bridgehead atoms. The van der Waals surface area contributed by atoms with Crippen molar-refractivity contribution >= 4 is 5.95 Å². The van der Waals surface area contributed by atoms with E-state index in [0.717, 1.165) is 37.8 Å². The molecule has 0 radical (unpaired) electrons. The van der Waals surface area contributed by atoms with Crippen molar-refractivity contribution in [2.45, 2.75) is 12.5 Å². The summed E-state index contributed by atoms with van der Waals surface area (Å²) in [5, 5.41) is 0.